The molecule has 3 unspecified atom stereocenters. The lowest BCUT2D eigenvalue weighted by Crippen LogP contribution is -2.30. The molecule has 2 aliphatic heterocycles. The largest absolute Gasteiger partial charge is 0.482 e. The molecule has 0 bridgehead atoms. The van der Waals surface area contributed by atoms with Crippen LogP contribution >= 0.6 is 0 Å². The molecule has 0 spiro atoms. The molecule has 1 saturated heterocycles. The molecule has 1 aromatic rings. The van der Waals surface area contributed by atoms with E-state index >= 15 is 0 Å². The molecule has 1 amide bonds. The summed E-state index contributed by atoms with van der Waals surface area (Å²) in [5, 5.41) is 6.17. The normalized spacial score (nSPS) is 26.6. The van der Waals surface area contributed by atoms with Gasteiger partial charge < -0.3 is 20.1 Å². The van der Waals surface area contributed by atoms with Crippen molar-refractivity contribution in [3.8, 4) is 5.75 Å². The minimum Gasteiger partial charge on any atom is -0.482 e. The van der Waals surface area contributed by atoms with Crippen molar-refractivity contribution < 1.29 is 14.3 Å². The number of carbonyl (C=O) groups excluding carboxylic acids is 1. The van der Waals surface area contributed by atoms with Crippen LogP contribution in [0.3, 0.4) is 0 Å². The van der Waals surface area contributed by atoms with Gasteiger partial charge in [0.1, 0.15) is 5.75 Å². The summed E-state index contributed by atoms with van der Waals surface area (Å²) in [5.41, 5.74) is 1.85. The van der Waals surface area contributed by atoms with E-state index in [9.17, 15) is 4.79 Å². The van der Waals surface area contributed by atoms with E-state index in [1.54, 1.807) is 0 Å². The van der Waals surface area contributed by atoms with Crippen LogP contribution in [0.2, 0.25) is 0 Å². The summed E-state index contributed by atoms with van der Waals surface area (Å²) in [6.07, 6.45) is 2.63. The first-order chi connectivity index (χ1) is 9.67. The highest BCUT2D eigenvalue weighted by atomic mass is 16.5. The van der Waals surface area contributed by atoms with E-state index in [0.717, 1.165) is 29.8 Å². The monoisotopic (exact) mass is 276 g/mol. The topological polar surface area (TPSA) is 59.6 Å². The second-order valence-corrected chi connectivity index (χ2v) is 5.42. The lowest BCUT2D eigenvalue weighted by molar-refractivity contribution is -0.118. The van der Waals surface area contributed by atoms with Crippen molar-refractivity contribution in [2.75, 3.05) is 19.0 Å². The van der Waals surface area contributed by atoms with E-state index in [1.165, 1.54) is 0 Å². The van der Waals surface area contributed by atoms with Crippen LogP contribution in [0.5, 0.6) is 5.75 Å². The van der Waals surface area contributed by atoms with Gasteiger partial charge in [0.05, 0.1) is 23.9 Å². The number of hydrogen-bond acceptors (Lipinski definition) is 4. The highest BCUT2D eigenvalue weighted by Gasteiger charge is 2.30. The molecule has 2 heterocycles. The number of amides is 1. The van der Waals surface area contributed by atoms with Crippen molar-refractivity contribution in [3.63, 3.8) is 0 Å². The molecule has 20 heavy (non-hydrogen) atoms. The first-order valence-electron chi connectivity index (χ1n) is 7.06. The number of anilines is 1. The van der Waals surface area contributed by atoms with Crippen LogP contribution in [0, 0.1) is 0 Å². The molecule has 1 fully saturated rings. The van der Waals surface area contributed by atoms with Crippen LogP contribution in [0.1, 0.15) is 31.4 Å². The molecule has 108 valence electrons. The lowest BCUT2D eigenvalue weighted by Gasteiger charge is -2.25. The van der Waals surface area contributed by atoms with Gasteiger partial charge in [-0.15, -0.1) is 0 Å². The third kappa shape index (κ3) is 2.51. The van der Waals surface area contributed by atoms with Crippen molar-refractivity contribution in [3.05, 3.63) is 23.8 Å². The standard InChI is InChI=1S/C15H20N2O3/c1-9-3-5-13(20-9)15(16-2)10-4-6-12-11(7-10)17-14(18)8-19-12/h4,6-7,9,13,15-16H,3,5,8H2,1-2H3,(H,17,18). The van der Waals surface area contributed by atoms with Gasteiger partial charge in [0.25, 0.3) is 5.91 Å². The summed E-state index contributed by atoms with van der Waals surface area (Å²) >= 11 is 0. The van der Waals surface area contributed by atoms with Gasteiger partial charge in [-0.05, 0) is 44.5 Å². The molecule has 3 rings (SSSR count). The minimum atomic E-state index is -0.110. The quantitative estimate of drug-likeness (QED) is 0.884. The predicted molar refractivity (Wildman–Crippen MR) is 75.9 cm³/mol. The summed E-state index contributed by atoms with van der Waals surface area (Å²) in [6.45, 7) is 2.19. The van der Waals surface area contributed by atoms with Crippen molar-refractivity contribution in [2.45, 2.75) is 38.0 Å². The Hall–Kier alpha value is -1.59. The Labute approximate surface area is 118 Å². The number of benzene rings is 1. The lowest BCUT2D eigenvalue weighted by atomic mass is 9.98. The molecule has 5 heteroatoms. The fourth-order valence-electron chi connectivity index (χ4n) is 2.94. The van der Waals surface area contributed by atoms with Gasteiger partial charge in [-0.1, -0.05) is 6.07 Å². The van der Waals surface area contributed by atoms with Crippen LogP contribution in [-0.2, 0) is 9.53 Å². The first kappa shape index (κ1) is 13.4. The molecule has 0 aliphatic carbocycles. The molecular formula is C15H20N2O3. The Kier molecular flexibility index (Phi) is 3.63. The maximum atomic E-state index is 11.4. The van der Waals surface area contributed by atoms with Crippen molar-refractivity contribution >= 4 is 11.6 Å². The average molecular weight is 276 g/mol. The van der Waals surface area contributed by atoms with Crippen LogP contribution in [0.15, 0.2) is 18.2 Å². The van der Waals surface area contributed by atoms with E-state index in [4.69, 9.17) is 9.47 Å². The third-order valence-electron chi connectivity index (χ3n) is 3.94. The van der Waals surface area contributed by atoms with E-state index in [0.29, 0.717) is 6.10 Å². The Morgan fingerprint density at radius 1 is 1.40 bits per heavy atom. The van der Waals surface area contributed by atoms with Crippen LogP contribution in [0.25, 0.3) is 0 Å². The molecule has 0 aromatic heterocycles. The van der Waals surface area contributed by atoms with Crippen LogP contribution in [0.4, 0.5) is 5.69 Å². The van der Waals surface area contributed by atoms with E-state index in [-0.39, 0.29) is 24.7 Å². The Bertz CT molecular complexity index is 518. The van der Waals surface area contributed by atoms with Crippen molar-refractivity contribution in [1.29, 1.82) is 0 Å². The highest BCUT2D eigenvalue weighted by molar-refractivity contribution is 5.95. The maximum Gasteiger partial charge on any atom is 0.262 e. The first-order valence-corrected chi connectivity index (χ1v) is 7.06. The number of carbonyl (C=O) groups is 1. The van der Waals surface area contributed by atoms with Gasteiger partial charge in [-0.3, -0.25) is 4.79 Å². The smallest absolute Gasteiger partial charge is 0.262 e. The Balaban J connectivity index is 1.85. The predicted octanol–water partition coefficient (Wildman–Crippen LogP) is 1.85. The Morgan fingerprint density at radius 2 is 2.25 bits per heavy atom. The van der Waals surface area contributed by atoms with Gasteiger partial charge in [0, 0.05) is 0 Å². The molecule has 2 N–H and O–H groups in total. The number of ether oxygens (including phenoxy) is 2. The summed E-state index contributed by atoms with van der Waals surface area (Å²) < 4.78 is 11.3. The third-order valence-corrected chi connectivity index (χ3v) is 3.94. The van der Waals surface area contributed by atoms with E-state index < -0.39 is 0 Å². The molecule has 1 aromatic carbocycles. The SMILES string of the molecule is CNC(c1ccc2c(c1)NC(=O)CO2)C1CCC(C)O1. The molecule has 2 aliphatic rings. The zero-order valence-corrected chi connectivity index (χ0v) is 11.8. The summed E-state index contributed by atoms with van der Waals surface area (Å²) in [7, 11) is 1.94. The second kappa shape index (κ2) is 5.42. The molecule has 0 radical (unpaired) electrons. The number of nitrogens with one attached hydrogen (secondary N) is 2. The highest BCUT2D eigenvalue weighted by Crippen LogP contribution is 2.34. The maximum absolute atomic E-state index is 11.4. The van der Waals surface area contributed by atoms with Gasteiger partial charge in [0.2, 0.25) is 0 Å². The number of likely N-dealkylation sites (N-methyl/N-ethyl adjacent to an activating group) is 1. The molecule has 5 nitrogen and oxygen atoms in total. The van der Waals surface area contributed by atoms with Crippen LogP contribution < -0.4 is 15.4 Å². The summed E-state index contributed by atoms with van der Waals surface area (Å²) in [4.78, 5) is 11.4. The fourth-order valence-corrected chi connectivity index (χ4v) is 2.94. The fraction of sp³-hybridized carbons (Fsp3) is 0.533. The number of hydrogen-bond donors (Lipinski definition) is 2. The average Bonchev–Trinajstić information content (AvgIpc) is 2.85. The van der Waals surface area contributed by atoms with Gasteiger partial charge in [0.15, 0.2) is 6.61 Å². The van der Waals surface area contributed by atoms with Crippen LogP contribution in [-0.4, -0.2) is 31.8 Å². The second-order valence-electron chi connectivity index (χ2n) is 5.42. The van der Waals surface area contributed by atoms with Crippen molar-refractivity contribution in [2.24, 2.45) is 0 Å². The Morgan fingerprint density at radius 3 is 2.95 bits per heavy atom. The number of fused-ring (bicyclic) bond motifs is 1. The zero-order chi connectivity index (χ0) is 14.1. The molecular weight excluding hydrogens is 256 g/mol. The molecule has 0 saturated carbocycles. The van der Waals surface area contributed by atoms with E-state index in [1.807, 2.05) is 25.2 Å². The number of rotatable bonds is 3. The zero-order valence-electron chi connectivity index (χ0n) is 11.8. The van der Waals surface area contributed by atoms with Gasteiger partial charge >= 0.3 is 0 Å². The summed E-state index contributed by atoms with van der Waals surface area (Å²) in [5.74, 6) is 0.616. The molecule has 3 atom stereocenters. The van der Waals surface area contributed by atoms with Crippen molar-refractivity contribution in [1.82, 2.24) is 5.32 Å². The summed E-state index contributed by atoms with van der Waals surface area (Å²) in [6, 6.07) is 6.04. The van der Waals surface area contributed by atoms with E-state index in [2.05, 4.69) is 17.6 Å². The van der Waals surface area contributed by atoms with Gasteiger partial charge in [-0.2, -0.15) is 0 Å². The van der Waals surface area contributed by atoms with Gasteiger partial charge in [-0.25, -0.2) is 0 Å². The minimum absolute atomic E-state index is 0.0883.